The van der Waals surface area contributed by atoms with E-state index in [1.54, 1.807) is 18.2 Å². The van der Waals surface area contributed by atoms with Crippen LogP contribution in [-0.2, 0) is 4.74 Å². The van der Waals surface area contributed by atoms with E-state index in [0.717, 1.165) is 6.07 Å². The van der Waals surface area contributed by atoms with Crippen molar-refractivity contribution in [1.82, 2.24) is 0 Å². The van der Waals surface area contributed by atoms with E-state index in [9.17, 15) is 14.0 Å². The van der Waals surface area contributed by atoms with Gasteiger partial charge in [-0.3, -0.25) is 4.79 Å². The van der Waals surface area contributed by atoms with E-state index in [4.69, 9.17) is 5.73 Å². The molecule has 0 saturated carbocycles. The van der Waals surface area contributed by atoms with Crippen LogP contribution in [0.3, 0.4) is 0 Å². The maximum atomic E-state index is 13.4. The Morgan fingerprint density at radius 3 is 2.48 bits per heavy atom. The third-order valence-corrected chi connectivity index (χ3v) is 2.88. The van der Waals surface area contributed by atoms with Crippen LogP contribution in [0.25, 0.3) is 0 Å². The summed E-state index contributed by atoms with van der Waals surface area (Å²) in [5.41, 5.74) is 5.74. The van der Waals surface area contributed by atoms with E-state index in [2.05, 4.69) is 10.1 Å². The first-order chi connectivity index (χ1) is 10.0. The van der Waals surface area contributed by atoms with Crippen molar-refractivity contribution in [3.63, 3.8) is 0 Å². The average molecular weight is 288 g/mol. The Morgan fingerprint density at radius 2 is 1.76 bits per heavy atom. The Balaban J connectivity index is 2.32. The van der Waals surface area contributed by atoms with E-state index < -0.39 is 17.7 Å². The normalized spacial score (nSPS) is 10.0. The van der Waals surface area contributed by atoms with Crippen molar-refractivity contribution in [2.24, 2.45) is 0 Å². The number of nitrogens with two attached hydrogens (primary N) is 1. The van der Waals surface area contributed by atoms with Gasteiger partial charge in [-0.15, -0.1) is 0 Å². The number of esters is 1. The lowest BCUT2D eigenvalue weighted by Gasteiger charge is -2.11. The molecule has 5 nitrogen and oxygen atoms in total. The van der Waals surface area contributed by atoms with Crippen LogP contribution in [-0.4, -0.2) is 19.0 Å². The van der Waals surface area contributed by atoms with Crippen molar-refractivity contribution in [3.8, 4) is 0 Å². The van der Waals surface area contributed by atoms with Crippen molar-refractivity contribution >= 4 is 23.3 Å². The zero-order valence-electron chi connectivity index (χ0n) is 11.2. The second-order valence-electron chi connectivity index (χ2n) is 4.19. The number of anilines is 2. The van der Waals surface area contributed by atoms with Gasteiger partial charge in [0, 0.05) is 0 Å². The Kier molecular flexibility index (Phi) is 4.18. The van der Waals surface area contributed by atoms with Gasteiger partial charge in [-0.05, 0) is 24.3 Å². The Labute approximate surface area is 120 Å². The number of rotatable bonds is 3. The van der Waals surface area contributed by atoms with Crippen molar-refractivity contribution in [1.29, 1.82) is 0 Å². The fraction of sp³-hybridized carbons (Fsp3) is 0.0667. The minimum absolute atomic E-state index is 0.00494. The van der Waals surface area contributed by atoms with Gasteiger partial charge in [-0.1, -0.05) is 18.2 Å². The molecule has 2 rings (SSSR count). The number of carbonyl (C=O) groups is 2. The lowest BCUT2D eigenvalue weighted by Crippen LogP contribution is -2.17. The van der Waals surface area contributed by atoms with Gasteiger partial charge >= 0.3 is 5.97 Å². The molecule has 0 radical (unpaired) electrons. The van der Waals surface area contributed by atoms with Crippen LogP contribution in [0.15, 0.2) is 42.5 Å². The highest BCUT2D eigenvalue weighted by atomic mass is 19.1. The summed E-state index contributed by atoms with van der Waals surface area (Å²) in [5, 5.41) is 2.52. The number of carbonyl (C=O) groups excluding carboxylic acids is 2. The largest absolute Gasteiger partial charge is 0.465 e. The van der Waals surface area contributed by atoms with Gasteiger partial charge < -0.3 is 15.8 Å². The van der Waals surface area contributed by atoms with Crippen LogP contribution in [0.1, 0.15) is 20.7 Å². The molecule has 0 aromatic heterocycles. The first-order valence-electron chi connectivity index (χ1n) is 6.07. The number of halogens is 1. The minimum atomic E-state index is -0.677. The molecule has 0 saturated heterocycles. The highest BCUT2D eigenvalue weighted by molar-refractivity contribution is 6.10. The first-order valence-corrected chi connectivity index (χ1v) is 6.07. The summed E-state index contributed by atoms with van der Waals surface area (Å²) in [4.78, 5) is 23.8. The minimum Gasteiger partial charge on any atom is -0.465 e. The number of para-hydroxylation sites is 2. The lowest BCUT2D eigenvalue weighted by atomic mass is 10.1. The summed E-state index contributed by atoms with van der Waals surface area (Å²) in [6.07, 6.45) is 0. The van der Waals surface area contributed by atoms with Crippen LogP contribution in [0.2, 0.25) is 0 Å². The number of methoxy groups -OCH3 is 1. The van der Waals surface area contributed by atoms with Crippen molar-refractivity contribution < 1.29 is 18.7 Å². The van der Waals surface area contributed by atoms with Crippen LogP contribution < -0.4 is 11.1 Å². The Hall–Kier alpha value is -2.89. The predicted octanol–water partition coefficient (Wildman–Crippen LogP) is 2.45. The second kappa shape index (κ2) is 6.04. The topological polar surface area (TPSA) is 81.4 Å². The number of amides is 1. The van der Waals surface area contributed by atoms with Gasteiger partial charge in [0.1, 0.15) is 5.82 Å². The second-order valence-corrected chi connectivity index (χ2v) is 4.19. The molecule has 0 aliphatic carbocycles. The molecule has 0 unspecified atom stereocenters. The van der Waals surface area contributed by atoms with E-state index in [0.29, 0.717) is 0 Å². The van der Waals surface area contributed by atoms with E-state index in [-0.39, 0.29) is 22.5 Å². The maximum Gasteiger partial charge on any atom is 0.339 e. The van der Waals surface area contributed by atoms with Gasteiger partial charge in [-0.25, -0.2) is 9.18 Å². The zero-order valence-corrected chi connectivity index (χ0v) is 11.2. The van der Waals surface area contributed by atoms with Crippen molar-refractivity contribution in [2.45, 2.75) is 0 Å². The molecule has 21 heavy (non-hydrogen) atoms. The molecule has 2 aromatic carbocycles. The molecular weight excluding hydrogens is 275 g/mol. The summed E-state index contributed by atoms with van der Waals surface area (Å²) in [6, 6.07) is 10.3. The standard InChI is InChI=1S/C15H13FN2O3/c1-21-15(20)9-5-2-3-8-12(9)18-14(19)10-6-4-7-11(16)13(10)17/h2-8H,17H2,1H3,(H,18,19). The first kappa shape index (κ1) is 14.5. The van der Waals surface area contributed by atoms with Crippen LogP contribution in [0, 0.1) is 5.82 Å². The van der Waals surface area contributed by atoms with Crippen LogP contribution in [0.4, 0.5) is 15.8 Å². The van der Waals surface area contributed by atoms with E-state index in [1.807, 2.05) is 0 Å². The predicted molar refractivity (Wildman–Crippen MR) is 76.5 cm³/mol. The number of hydrogen-bond acceptors (Lipinski definition) is 4. The van der Waals surface area contributed by atoms with Crippen molar-refractivity contribution in [3.05, 3.63) is 59.4 Å². The highest BCUT2D eigenvalue weighted by Crippen LogP contribution is 2.20. The maximum absolute atomic E-state index is 13.4. The molecule has 0 atom stereocenters. The van der Waals surface area contributed by atoms with Gasteiger partial charge in [0.25, 0.3) is 5.91 Å². The van der Waals surface area contributed by atoms with Gasteiger partial charge in [-0.2, -0.15) is 0 Å². The van der Waals surface area contributed by atoms with Gasteiger partial charge in [0.15, 0.2) is 0 Å². The number of benzene rings is 2. The molecule has 0 aliphatic rings. The Bertz CT molecular complexity index is 701. The lowest BCUT2D eigenvalue weighted by molar-refractivity contribution is 0.0602. The third-order valence-electron chi connectivity index (χ3n) is 2.88. The molecule has 0 aliphatic heterocycles. The quantitative estimate of drug-likeness (QED) is 0.671. The van der Waals surface area contributed by atoms with E-state index >= 15 is 0 Å². The summed E-state index contributed by atoms with van der Waals surface area (Å²) in [5.74, 6) is -1.87. The fourth-order valence-electron chi connectivity index (χ4n) is 1.80. The van der Waals surface area contributed by atoms with E-state index in [1.165, 1.54) is 25.3 Å². The number of hydrogen-bond donors (Lipinski definition) is 2. The average Bonchev–Trinajstić information content (AvgIpc) is 2.49. The molecule has 0 bridgehead atoms. The monoisotopic (exact) mass is 288 g/mol. The molecular formula is C15H13FN2O3. The molecule has 0 heterocycles. The SMILES string of the molecule is COC(=O)c1ccccc1NC(=O)c1cccc(F)c1N. The molecule has 1 amide bonds. The summed E-state index contributed by atoms with van der Waals surface area (Å²) in [7, 11) is 1.24. The number of nitrogen functional groups attached to an aromatic ring is 1. The number of nitrogens with one attached hydrogen (secondary N) is 1. The van der Waals surface area contributed by atoms with Crippen LogP contribution in [0.5, 0.6) is 0 Å². The summed E-state index contributed by atoms with van der Waals surface area (Å²) >= 11 is 0. The number of ether oxygens (including phenoxy) is 1. The molecule has 6 heteroatoms. The van der Waals surface area contributed by atoms with Gasteiger partial charge in [0.05, 0.1) is 29.6 Å². The van der Waals surface area contributed by atoms with Crippen molar-refractivity contribution in [2.75, 3.05) is 18.2 Å². The Morgan fingerprint density at radius 1 is 1.10 bits per heavy atom. The highest BCUT2D eigenvalue weighted by Gasteiger charge is 2.16. The zero-order chi connectivity index (χ0) is 15.4. The molecule has 3 N–H and O–H groups in total. The molecule has 2 aromatic rings. The third kappa shape index (κ3) is 3.00. The molecule has 0 fully saturated rings. The van der Waals surface area contributed by atoms with Crippen LogP contribution >= 0.6 is 0 Å². The molecule has 108 valence electrons. The molecule has 0 spiro atoms. The van der Waals surface area contributed by atoms with Gasteiger partial charge in [0.2, 0.25) is 0 Å². The fourth-order valence-corrected chi connectivity index (χ4v) is 1.80. The summed E-state index contributed by atoms with van der Waals surface area (Å²) in [6.45, 7) is 0. The smallest absolute Gasteiger partial charge is 0.339 e. The summed E-state index contributed by atoms with van der Waals surface area (Å²) < 4.78 is 18.0.